The minimum Gasteiger partial charge on any atom is -0.481 e. The molecule has 1 aliphatic heterocycles. The molecule has 106 valence electrons. The first-order chi connectivity index (χ1) is 9.51. The fourth-order valence-electron chi connectivity index (χ4n) is 1.92. The van der Waals surface area contributed by atoms with Gasteiger partial charge in [-0.25, -0.2) is 0 Å². The zero-order valence-electron chi connectivity index (χ0n) is 11.1. The van der Waals surface area contributed by atoms with Gasteiger partial charge in [0.25, 0.3) is 5.91 Å². The number of halogens is 1. The van der Waals surface area contributed by atoms with Crippen molar-refractivity contribution in [1.82, 2.24) is 0 Å². The van der Waals surface area contributed by atoms with Crippen LogP contribution in [-0.2, 0) is 9.59 Å². The Morgan fingerprint density at radius 3 is 2.95 bits per heavy atom. The lowest BCUT2D eigenvalue weighted by molar-refractivity contribution is -0.121. The van der Waals surface area contributed by atoms with E-state index in [-0.39, 0.29) is 24.3 Å². The summed E-state index contributed by atoms with van der Waals surface area (Å²) in [6.07, 6.45) is 0. The van der Waals surface area contributed by atoms with Crippen molar-refractivity contribution in [3.8, 4) is 5.75 Å². The van der Waals surface area contributed by atoms with Crippen molar-refractivity contribution in [3.05, 3.63) is 30.4 Å². The highest BCUT2D eigenvalue weighted by atomic mass is 35.5. The average molecular weight is 295 g/mol. The van der Waals surface area contributed by atoms with Crippen LogP contribution in [0.2, 0.25) is 0 Å². The van der Waals surface area contributed by atoms with Crippen LogP contribution >= 0.6 is 11.6 Å². The fourth-order valence-corrected chi connectivity index (χ4v) is 1.99. The van der Waals surface area contributed by atoms with E-state index >= 15 is 0 Å². The SMILES string of the molecule is C=C(C)CN1C(=O)COc2cc(NC(=O)CCl)ccc21. The van der Waals surface area contributed by atoms with Crippen LogP contribution in [-0.4, -0.2) is 30.8 Å². The highest BCUT2D eigenvalue weighted by molar-refractivity contribution is 6.29. The van der Waals surface area contributed by atoms with Crippen LogP contribution in [0.5, 0.6) is 5.75 Å². The molecule has 0 unspecified atom stereocenters. The predicted octanol–water partition coefficient (Wildman–Crippen LogP) is 2.17. The number of carbonyl (C=O) groups is 2. The average Bonchev–Trinajstić information content (AvgIpc) is 2.41. The Morgan fingerprint density at radius 1 is 1.55 bits per heavy atom. The standard InChI is InChI=1S/C14H15ClN2O3/c1-9(2)7-17-11-4-3-10(16-13(18)6-15)5-12(11)20-8-14(17)19/h3-5H,1,6-8H2,2H3,(H,16,18). The van der Waals surface area contributed by atoms with Gasteiger partial charge in [0.1, 0.15) is 11.6 Å². The Morgan fingerprint density at radius 2 is 2.30 bits per heavy atom. The number of benzene rings is 1. The maximum atomic E-state index is 11.9. The van der Waals surface area contributed by atoms with Gasteiger partial charge in [-0.1, -0.05) is 12.2 Å². The zero-order chi connectivity index (χ0) is 14.7. The summed E-state index contributed by atoms with van der Waals surface area (Å²) in [7, 11) is 0. The molecule has 0 aliphatic carbocycles. The highest BCUT2D eigenvalue weighted by Gasteiger charge is 2.25. The molecule has 0 fully saturated rings. The topological polar surface area (TPSA) is 58.6 Å². The summed E-state index contributed by atoms with van der Waals surface area (Å²) < 4.78 is 5.40. The Hall–Kier alpha value is -2.01. The van der Waals surface area contributed by atoms with E-state index < -0.39 is 0 Å². The van der Waals surface area contributed by atoms with Crippen molar-refractivity contribution in [3.63, 3.8) is 0 Å². The molecule has 0 atom stereocenters. The van der Waals surface area contributed by atoms with Crippen LogP contribution in [0.1, 0.15) is 6.92 Å². The Bertz CT molecular complexity index is 572. The van der Waals surface area contributed by atoms with Crippen molar-refractivity contribution in [2.24, 2.45) is 0 Å². The third-order valence-corrected chi connectivity index (χ3v) is 2.98. The monoisotopic (exact) mass is 294 g/mol. The third kappa shape index (κ3) is 3.11. The molecule has 0 radical (unpaired) electrons. The summed E-state index contributed by atoms with van der Waals surface area (Å²) in [6, 6.07) is 5.12. The molecule has 6 heteroatoms. The normalized spacial score (nSPS) is 13.5. The van der Waals surface area contributed by atoms with Crippen LogP contribution < -0.4 is 15.0 Å². The first-order valence-electron chi connectivity index (χ1n) is 6.08. The molecule has 2 rings (SSSR count). The van der Waals surface area contributed by atoms with Gasteiger partial charge in [-0.05, 0) is 19.1 Å². The number of ether oxygens (including phenoxy) is 1. The molecule has 1 aromatic rings. The third-order valence-electron chi connectivity index (χ3n) is 2.74. The van der Waals surface area contributed by atoms with Gasteiger partial charge in [0.2, 0.25) is 5.91 Å². The van der Waals surface area contributed by atoms with Gasteiger partial charge in [-0.15, -0.1) is 11.6 Å². The maximum Gasteiger partial charge on any atom is 0.265 e. The van der Waals surface area contributed by atoms with Gasteiger partial charge in [0, 0.05) is 18.3 Å². The van der Waals surface area contributed by atoms with Gasteiger partial charge in [-0.3, -0.25) is 9.59 Å². The highest BCUT2D eigenvalue weighted by Crippen LogP contribution is 2.34. The quantitative estimate of drug-likeness (QED) is 0.684. The second kappa shape index (κ2) is 5.96. The molecule has 20 heavy (non-hydrogen) atoms. The van der Waals surface area contributed by atoms with Gasteiger partial charge in [0.05, 0.1) is 5.69 Å². The number of nitrogens with zero attached hydrogens (tertiary/aromatic N) is 1. The van der Waals surface area contributed by atoms with Gasteiger partial charge in [0.15, 0.2) is 6.61 Å². The van der Waals surface area contributed by atoms with Crippen molar-refractivity contribution < 1.29 is 14.3 Å². The molecule has 0 spiro atoms. The van der Waals surface area contributed by atoms with E-state index in [4.69, 9.17) is 16.3 Å². The molecule has 1 N–H and O–H groups in total. The van der Waals surface area contributed by atoms with Crippen molar-refractivity contribution in [1.29, 1.82) is 0 Å². The summed E-state index contributed by atoms with van der Waals surface area (Å²) >= 11 is 5.44. The van der Waals surface area contributed by atoms with Crippen molar-refractivity contribution in [2.45, 2.75) is 6.92 Å². The van der Waals surface area contributed by atoms with E-state index in [2.05, 4.69) is 11.9 Å². The molecule has 1 aromatic carbocycles. The van der Waals surface area contributed by atoms with Gasteiger partial charge < -0.3 is 15.0 Å². The number of rotatable bonds is 4. The first kappa shape index (κ1) is 14.4. The lowest BCUT2D eigenvalue weighted by atomic mass is 10.2. The van der Waals surface area contributed by atoms with Crippen molar-refractivity contribution in [2.75, 3.05) is 29.2 Å². The molecule has 0 saturated carbocycles. The smallest absolute Gasteiger partial charge is 0.265 e. The van der Waals surface area contributed by atoms with E-state index in [9.17, 15) is 9.59 Å². The van der Waals surface area contributed by atoms with Crippen LogP contribution in [0.25, 0.3) is 0 Å². The number of hydrogen-bond donors (Lipinski definition) is 1. The first-order valence-corrected chi connectivity index (χ1v) is 6.62. The van der Waals surface area contributed by atoms with Crippen LogP contribution in [0.15, 0.2) is 30.4 Å². The second-order valence-corrected chi connectivity index (χ2v) is 4.86. The van der Waals surface area contributed by atoms with E-state index in [1.54, 1.807) is 23.1 Å². The summed E-state index contributed by atoms with van der Waals surface area (Å²) in [5.74, 6) is 0.0339. The number of nitrogens with one attached hydrogen (secondary N) is 1. The fraction of sp³-hybridized carbons (Fsp3) is 0.286. The van der Waals surface area contributed by atoms with E-state index in [1.807, 2.05) is 6.92 Å². The molecule has 5 nitrogen and oxygen atoms in total. The number of amides is 2. The zero-order valence-corrected chi connectivity index (χ0v) is 11.9. The molecule has 1 aliphatic rings. The van der Waals surface area contributed by atoms with E-state index in [0.29, 0.717) is 23.7 Å². The summed E-state index contributed by atoms with van der Waals surface area (Å²) in [5.41, 5.74) is 2.14. The largest absolute Gasteiger partial charge is 0.481 e. The number of hydrogen-bond acceptors (Lipinski definition) is 3. The molecule has 0 saturated heterocycles. The van der Waals surface area contributed by atoms with Gasteiger partial charge >= 0.3 is 0 Å². The Balaban J connectivity index is 2.28. The van der Waals surface area contributed by atoms with Crippen LogP contribution in [0.4, 0.5) is 11.4 Å². The molecule has 0 aromatic heterocycles. The summed E-state index contributed by atoms with van der Waals surface area (Å²) in [6.45, 7) is 6.10. The molecular formula is C14H15ClN2O3. The number of fused-ring (bicyclic) bond motifs is 1. The molecule has 1 heterocycles. The Kier molecular flexibility index (Phi) is 4.29. The number of carbonyl (C=O) groups excluding carboxylic acids is 2. The Labute approximate surface area is 122 Å². The molecule has 2 amide bonds. The van der Waals surface area contributed by atoms with Gasteiger partial charge in [-0.2, -0.15) is 0 Å². The molecular weight excluding hydrogens is 280 g/mol. The predicted molar refractivity (Wildman–Crippen MR) is 78.5 cm³/mol. The minimum atomic E-state index is -0.294. The number of alkyl halides is 1. The lowest BCUT2D eigenvalue weighted by Gasteiger charge is -2.29. The van der Waals surface area contributed by atoms with Crippen LogP contribution in [0.3, 0.4) is 0 Å². The maximum absolute atomic E-state index is 11.9. The van der Waals surface area contributed by atoms with E-state index in [1.165, 1.54) is 0 Å². The summed E-state index contributed by atoms with van der Waals surface area (Å²) in [5, 5.41) is 2.64. The minimum absolute atomic E-state index is 0.0206. The lowest BCUT2D eigenvalue weighted by Crippen LogP contribution is -2.39. The van der Waals surface area contributed by atoms with Crippen molar-refractivity contribution >= 4 is 34.8 Å². The van der Waals surface area contributed by atoms with Crippen LogP contribution in [0, 0.1) is 0 Å². The number of anilines is 2. The second-order valence-electron chi connectivity index (χ2n) is 4.59. The molecule has 0 bridgehead atoms. The van der Waals surface area contributed by atoms with E-state index in [0.717, 1.165) is 5.57 Å². The summed E-state index contributed by atoms with van der Waals surface area (Å²) in [4.78, 5) is 24.7.